The van der Waals surface area contributed by atoms with E-state index < -0.39 is 11.4 Å². The molecule has 4 aromatic rings. The van der Waals surface area contributed by atoms with E-state index in [0.29, 0.717) is 60.2 Å². The zero-order valence-corrected chi connectivity index (χ0v) is 27.8. The Morgan fingerprint density at radius 1 is 1.06 bits per heavy atom. The van der Waals surface area contributed by atoms with Crippen LogP contribution in [0.1, 0.15) is 32.7 Å². The number of hydrogen-bond acceptors (Lipinski definition) is 10. The zero-order chi connectivity index (χ0) is 34.1. The summed E-state index contributed by atoms with van der Waals surface area (Å²) in [6.07, 6.45) is 4.58. The number of piperidine rings is 1. The molecule has 0 saturated carbocycles. The molecule has 1 atom stereocenters. The molecule has 7 rings (SSSR count). The minimum absolute atomic E-state index is 0.123. The maximum atomic E-state index is 15.7. The fourth-order valence-electron chi connectivity index (χ4n) is 7.01. The number of carbonyl (C=O) groups is 1. The number of amides is 1. The molecule has 5 heterocycles. The minimum atomic E-state index is -0.534. The van der Waals surface area contributed by atoms with Crippen molar-refractivity contribution in [2.75, 3.05) is 58.2 Å². The molecule has 1 amide bonds. The largest absolute Gasteiger partial charge is 0.457 e. The van der Waals surface area contributed by atoms with Crippen molar-refractivity contribution < 1.29 is 18.7 Å². The first-order valence-electron chi connectivity index (χ1n) is 16.7. The third-order valence-corrected chi connectivity index (χ3v) is 9.84. The average molecular weight is 666 g/mol. The molecule has 0 aliphatic carbocycles. The number of hydrogen-bond donors (Lipinski definition) is 1. The summed E-state index contributed by atoms with van der Waals surface area (Å²) in [6.45, 7) is 10.1. The molecule has 0 bridgehead atoms. The van der Waals surface area contributed by atoms with Gasteiger partial charge in [-0.25, -0.2) is 19.0 Å². The number of rotatable bonds is 8. The van der Waals surface area contributed by atoms with Crippen LogP contribution < -0.4 is 10.5 Å². The molecule has 2 aromatic carbocycles. The normalized spacial score (nSPS) is 19.8. The van der Waals surface area contributed by atoms with Crippen LogP contribution in [-0.2, 0) is 9.53 Å². The van der Waals surface area contributed by atoms with Crippen molar-refractivity contribution in [1.29, 1.82) is 5.26 Å². The van der Waals surface area contributed by atoms with Gasteiger partial charge in [-0.05, 0) is 57.0 Å². The highest BCUT2D eigenvalue weighted by atomic mass is 19.1. The first kappa shape index (κ1) is 32.6. The van der Waals surface area contributed by atoms with E-state index in [9.17, 15) is 10.1 Å². The van der Waals surface area contributed by atoms with Crippen LogP contribution >= 0.6 is 0 Å². The van der Waals surface area contributed by atoms with Gasteiger partial charge >= 0.3 is 0 Å². The highest BCUT2D eigenvalue weighted by molar-refractivity contribution is 5.99. The second kappa shape index (κ2) is 13.5. The summed E-state index contributed by atoms with van der Waals surface area (Å²) in [5.41, 5.74) is 6.97. The smallest absolute Gasteiger partial charge is 0.264 e. The van der Waals surface area contributed by atoms with Crippen LogP contribution in [0.4, 0.5) is 10.2 Å². The van der Waals surface area contributed by atoms with E-state index in [0.717, 1.165) is 39.4 Å². The van der Waals surface area contributed by atoms with E-state index >= 15 is 4.39 Å². The summed E-state index contributed by atoms with van der Waals surface area (Å²) in [4.78, 5) is 29.0. The van der Waals surface area contributed by atoms with Crippen molar-refractivity contribution in [1.82, 2.24) is 34.4 Å². The third-order valence-electron chi connectivity index (χ3n) is 9.84. The van der Waals surface area contributed by atoms with E-state index in [1.54, 1.807) is 33.8 Å². The number of piperazine rings is 1. The molecular weight excluding hydrogens is 625 g/mol. The van der Waals surface area contributed by atoms with Crippen molar-refractivity contribution >= 4 is 22.8 Å². The average Bonchev–Trinajstić information content (AvgIpc) is 3.48. The Morgan fingerprint density at radius 2 is 1.84 bits per heavy atom. The van der Waals surface area contributed by atoms with Crippen molar-refractivity contribution in [3.05, 3.63) is 72.3 Å². The van der Waals surface area contributed by atoms with Crippen LogP contribution in [0, 0.1) is 17.1 Å². The molecule has 0 radical (unpaired) electrons. The monoisotopic (exact) mass is 665 g/mol. The zero-order valence-electron chi connectivity index (χ0n) is 27.8. The van der Waals surface area contributed by atoms with Gasteiger partial charge in [0.25, 0.3) is 5.91 Å². The Kier molecular flexibility index (Phi) is 9.02. The first-order chi connectivity index (χ1) is 23.7. The number of nitrogens with zero attached hydrogens (tertiary/aromatic N) is 8. The number of carbonyl (C=O) groups excluding carboxylic acids is 1. The molecule has 254 valence electrons. The van der Waals surface area contributed by atoms with Gasteiger partial charge in [-0.1, -0.05) is 18.2 Å². The first-order valence-corrected chi connectivity index (χ1v) is 16.7. The Hall–Kier alpha value is -4.90. The Bertz CT molecular complexity index is 1910. The summed E-state index contributed by atoms with van der Waals surface area (Å²) >= 11 is 0. The number of anilines is 1. The molecule has 3 aliphatic heterocycles. The number of ether oxygens (including phenoxy) is 2. The number of halogens is 1. The predicted molar refractivity (Wildman–Crippen MR) is 182 cm³/mol. The van der Waals surface area contributed by atoms with Crippen LogP contribution in [0.25, 0.3) is 22.3 Å². The standard InChI is InChI=1S/C36H40FN9O3/c1-36(2,45-15-13-43(14-16-45)26-21-48-22-26)18-24(19-38)35(47)44-12-6-7-25(20-44)46-34-31(33(39)40-23-41-34)32(42-46)29-11-10-28(17-30(29)37)49-27-8-4-3-5-9-27/h3-5,8-11,17-18,23,25-26H,6-7,12-16,20-22H2,1-2H3,(H2,39,40,41)/b24-18-. The van der Waals surface area contributed by atoms with E-state index in [2.05, 4.69) is 39.7 Å². The molecule has 13 heteroatoms. The topological polar surface area (TPSA) is 139 Å². The number of nitriles is 1. The van der Waals surface area contributed by atoms with E-state index in [1.165, 1.54) is 12.4 Å². The Morgan fingerprint density at radius 3 is 2.53 bits per heavy atom. The number of fused-ring (bicyclic) bond motifs is 1. The van der Waals surface area contributed by atoms with Crippen LogP contribution in [-0.4, -0.2) is 104 Å². The molecule has 12 nitrogen and oxygen atoms in total. The number of aromatic nitrogens is 4. The fraction of sp³-hybridized carbons (Fsp3) is 0.417. The number of likely N-dealkylation sites (tertiary alicyclic amines) is 1. The number of para-hydroxylation sites is 1. The van der Waals surface area contributed by atoms with Crippen LogP contribution in [0.2, 0.25) is 0 Å². The van der Waals surface area contributed by atoms with Crippen molar-refractivity contribution in [2.24, 2.45) is 0 Å². The van der Waals surface area contributed by atoms with Gasteiger partial charge in [-0.2, -0.15) is 10.4 Å². The van der Waals surface area contributed by atoms with Gasteiger partial charge in [0.05, 0.1) is 30.7 Å². The molecule has 3 fully saturated rings. The lowest BCUT2D eigenvalue weighted by molar-refractivity contribution is -0.128. The number of nitrogen functional groups attached to an aromatic ring is 1. The van der Waals surface area contributed by atoms with Crippen molar-refractivity contribution in [3.63, 3.8) is 0 Å². The van der Waals surface area contributed by atoms with Crippen LogP contribution in [0.5, 0.6) is 11.5 Å². The second-order valence-electron chi connectivity index (χ2n) is 13.4. The lowest BCUT2D eigenvalue weighted by atomic mass is 9.96. The quantitative estimate of drug-likeness (QED) is 0.213. The summed E-state index contributed by atoms with van der Waals surface area (Å²) in [5.74, 6) is 0.273. The molecule has 0 spiro atoms. The third kappa shape index (κ3) is 6.59. The number of nitrogens with two attached hydrogens (primary N) is 1. The van der Waals surface area contributed by atoms with E-state index in [1.807, 2.05) is 24.3 Å². The predicted octanol–water partition coefficient (Wildman–Crippen LogP) is 4.42. The van der Waals surface area contributed by atoms with E-state index in [4.69, 9.17) is 20.3 Å². The van der Waals surface area contributed by atoms with Crippen LogP contribution in [0.15, 0.2) is 66.5 Å². The molecular formula is C36H40FN9O3. The van der Waals surface area contributed by atoms with Gasteiger partial charge in [0.1, 0.15) is 46.8 Å². The van der Waals surface area contributed by atoms with Crippen molar-refractivity contribution in [2.45, 2.75) is 44.3 Å². The summed E-state index contributed by atoms with van der Waals surface area (Å²) < 4.78 is 28.6. The molecule has 2 N–H and O–H groups in total. The van der Waals surface area contributed by atoms with Gasteiger partial charge in [0, 0.05) is 56.4 Å². The molecule has 1 unspecified atom stereocenters. The molecule has 49 heavy (non-hydrogen) atoms. The minimum Gasteiger partial charge on any atom is -0.457 e. The highest BCUT2D eigenvalue weighted by Crippen LogP contribution is 2.36. The fourth-order valence-corrected chi connectivity index (χ4v) is 7.01. The van der Waals surface area contributed by atoms with Gasteiger partial charge in [-0.15, -0.1) is 0 Å². The highest BCUT2D eigenvalue weighted by Gasteiger charge is 2.35. The van der Waals surface area contributed by atoms with Gasteiger partial charge in [0.2, 0.25) is 0 Å². The summed E-state index contributed by atoms with van der Waals surface area (Å²) in [5, 5.41) is 15.4. The Balaban J connectivity index is 1.11. The lowest BCUT2D eigenvalue weighted by Gasteiger charge is -2.46. The molecule has 2 aromatic heterocycles. The molecule has 3 aliphatic rings. The number of benzene rings is 2. The van der Waals surface area contributed by atoms with Crippen LogP contribution in [0.3, 0.4) is 0 Å². The van der Waals surface area contributed by atoms with Crippen molar-refractivity contribution in [3.8, 4) is 28.8 Å². The van der Waals surface area contributed by atoms with Gasteiger partial charge < -0.3 is 20.1 Å². The maximum absolute atomic E-state index is 15.7. The van der Waals surface area contributed by atoms with Gasteiger partial charge in [0.15, 0.2) is 5.65 Å². The second-order valence-corrected chi connectivity index (χ2v) is 13.4. The lowest BCUT2D eigenvalue weighted by Crippen LogP contribution is -2.59. The SMILES string of the molecule is CC(C)(/C=C(/C#N)C(=O)N1CCCC(n2nc(-c3ccc(Oc4ccccc4)cc3F)c3c(N)ncnc32)C1)N1CCN(C2COC2)CC1. The Labute approximate surface area is 284 Å². The van der Waals surface area contributed by atoms with E-state index in [-0.39, 0.29) is 28.9 Å². The molecule has 3 saturated heterocycles. The maximum Gasteiger partial charge on any atom is 0.264 e. The van der Waals surface area contributed by atoms with Gasteiger partial charge in [-0.3, -0.25) is 14.6 Å². The summed E-state index contributed by atoms with van der Waals surface area (Å²) in [6, 6.07) is 16.2. The summed E-state index contributed by atoms with van der Waals surface area (Å²) in [7, 11) is 0.